The zero-order valence-corrected chi connectivity index (χ0v) is 12.8. The third kappa shape index (κ3) is 2.28. The SMILES string of the molecule is CC1(C2CC2)NC(=O)N(Cc2cnn(-c3ccccc3)n2)C1=O. The van der Waals surface area contributed by atoms with Gasteiger partial charge in [0, 0.05) is 0 Å². The van der Waals surface area contributed by atoms with Gasteiger partial charge in [-0.3, -0.25) is 9.69 Å². The standard InChI is InChI=1S/C16H17N5O2/c1-16(11-7-8-11)14(22)20(15(23)18-16)10-12-9-17-21(19-12)13-5-3-2-4-6-13/h2-6,9,11H,7-8,10H2,1H3,(H,18,23). The van der Waals surface area contributed by atoms with Gasteiger partial charge in [0.1, 0.15) is 11.2 Å². The summed E-state index contributed by atoms with van der Waals surface area (Å²) in [4.78, 5) is 27.5. The Labute approximate surface area is 133 Å². The number of hydrogen-bond donors (Lipinski definition) is 1. The molecule has 3 amide bonds. The summed E-state index contributed by atoms with van der Waals surface area (Å²) < 4.78 is 0. The fraction of sp³-hybridized carbons (Fsp3) is 0.375. The monoisotopic (exact) mass is 311 g/mol. The quantitative estimate of drug-likeness (QED) is 0.868. The second-order valence-corrected chi connectivity index (χ2v) is 6.26. The summed E-state index contributed by atoms with van der Waals surface area (Å²) in [7, 11) is 0. The molecule has 1 saturated heterocycles. The maximum absolute atomic E-state index is 12.6. The molecule has 7 nitrogen and oxygen atoms in total. The van der Waals surface area contributed by atoms with Crippen molar-refractivity contribution in [1.29, 1.82) is 0 Å². The number of rotatable bonds is 4. The Hall–Kier alpha value is -2.70. The van der Waals surface area contributed by atoms with Gasteiger partial charge in [0.2, 0.25) is 0 Å². The van der Waals surface area contributed by atoms with Crippen molar-refractivity contribution in [3.63, 3.8) is 0 Å². The number of nitrogens with zero attached hydrogens (tertiary/aromatic N) is 4. The summed E-state index contributed by atoms with van der Waals surface area (Å²) in [5.74, 6) is 0.0863. The Morgan fingerprint density at radius 2 is 2.00 bits per heavy atom. The molecule has 2 aliphatic rings. The molecule has 1 aliphatic carbocycles. The van der Waals surface area contributed by atoms with Crippen LogP contribution >= 0.6 is 0 Å². The van der Waals surface area contributed by atoms with Gasteiger partial charge in [-0.05, 0) is 37.8 Å². The molecule has 1 N–H and O–H groups in total. The number of hydrogen-bond acceptors (Lipinski definition) is 4. The Morgan fingerprint density at radius 3 is 2.70 bits per heavy atom. The van der Waals surface area contributed by atoms with Crippen molar-refractivity contribution in [2.24, 2.45) is 5.92 Å². The molecule has 23 heavy (non-hydrogen) atoms. The fourth-order valence-corrected chi connectivity index (χ4v) is 3.01. The van der Waals surface area contributed by atoms with E-state index in [1.54, 1.807) is 6.20 Å². The second-order valence-electron chi connectivity index (χ2n) is 6.26. The first-order valence-electron chi connectivity index (χ1n) is 7.69. The van der Waals surface area contributed by atoms with Gasteiger partial charge in [-0.25, -0.2) is 4.79 Å². The van der Waals surface area contributed by atoms with E-state index in [1.807, 2.05) is 37.3 Å². The maximum atomic E-state index is 12.6. The Balaban J connectivity index is 1.54. The molecule has 1 aliphatic heterocycles. The summed E-state index contributed by atoms with van der Waals surface area (Å²) in [6, 6.07) is 9.15. The van der Waals surface area contributed by atoms with E-state index in [9.17, 15) is 9.59 Å². The lowest BCUT2D eigenvalue weighted by Gasteiger charge is -2.20. The predicted molar refractivity (Wildman–Crippen MR) is 81.6 cm³/mol. The normalized spacial score (nSPS) is 24.1. The number of benzene rings is 1. The highest BCUT2D eigenvalue weighted by Crippen LogP contribution is 2.42. The lowest BCUT2D eigenvalue weighted by Crippen LogP contribution is -2.46. The van der Waals surface area contributed by atoms with Crippen LogP contribution in [0.15, 0.2) is 36.5 Å². The van der Waals surface area contributed by atoms with Crippen LogP contribution < -0.4 is 5.32 Å². The van der Waals surface area contributed by atoms with E-state index < -0.39 is 5.54 Å². The van der Waals surface area contributed by atoms with Crippen molar-refractivity contribution >= 4 is 11.9 Å². The highest BCUT2D eigenvalue weighted by atomic mass is 16.2. The predicted octanol–water partition coefficient (Wildman–Crippen LogP) is 1.49. The third-order valence-corrected chi connectivity index (χ3v) is 4.54. The molecule has 1 saturated carbocycles. The third-order valence-electron chi connectivity index (χ3n) is 4.54. The van der Waals surface area contributed by atoms with Crippen LogP contribution in [0.1, 0.15) is 25.5 Å². The largest absolute Gasteiger partial charge is 0.325 e. The first-order valence-corrected chi connectivity index (χ1v) is 7.69. The summed E-state index contributed by atoms with van der Waals surface area (Å²) in [6.07, 6.45) is 3.56. The summed E-state index contributed by atoms with van der Waals surface area (Å²) in [5.41, 5.74) is 0.656. The molecule has 7 heteroatoms. The molecule has 118 valence electrons. The van der Waals surface area contributed by atoms with Crippen LogP contribution in [0.2, 0.25) is 0 Å². The molecule has 1 aromatic carbocycles. The number of urea groups is 1. The lowest BCUT2D eigenvalue weighted by atomic mass is 9.96. The second kappa shape index (κ2) is 4.91. The molecule has 2 heterocycles. The van der Waals surface area contributed by atoms with Crippen LogP contribution in [0, 0.1) is 5.92 Å². The Morgan fingerprint density at radius 1 is 1.26 bits per heavy atom. The zero-order valence-electron chi connectivity index (χ0n) is 12.8. The van der Waals surface area contributed by atoms with E-state index in [2.05, 4.69) is 15.5 Å². The van der Waals surface area contributed by atoms with E-state index in [0.29, 0.717) is 5.69 Å². The van der Waals surface area contributed by atoms with Crippen molar-refractivity contribution < 1.29 is 9.59 Å². The van der Waals surface area contributed by atoms with E-state index in [4.69, 9.17) is 0 Å². The number of para-hydroxylation sites is 1. The van der Waals surface area contributed by atoms with Crippen LogP contribution in [0.5, 0.6) is 0 Å². The molecule has 0 bridgehead atoms. The maximum Gasteiger partial charge on any atom is 0.325 e. The summed E-state index contributed by atoms with van der Waals surface area (Å²) in [6.45, 7) is 1.95. The molecular formula is C16H17N5O2. The molecule has 0 spiro atoms. The number of nitrogens with one attached hydrogen (secondary N) is 1. The Kier molecular flexibility index (Phi) is 2.97. The molecule has 4 rings (SSSR count). The zero-order chi connectivity index (χ0) is 16.0. The van der Waals surface area contributed by atoms with E-state index in [0.717, 1.165) is 18.5 Å². The molecule has 1 unspecified atom stereocenters. The van der Waals surface area contributed by atoms with Crippen LogP contribution in [-0.2, 0) is 11.3 Å². The van der Waals surface area contributed by atoms with Crippen molar-refractivity contribution in [1.82, 2.24) is 25.2 Å². The molecule has 2 aromatic rings. The van der Waals surface area contributed by atoms with Crippen LogP contribution in [0.4, 0.5) is 4.79 Å². The van der Waals surface area contributed by atoms with Gasteiger partial charge >= 0.3 is 6.03 Å². The smallest absolute Gasteiger partial charge is 0.323 e. The molecule has 1 atom stereocenters. The van der Waals surface area contributed by atoms with Crippen molar-refractivity contribution in [2.45, 2.75) is 31.8 Å². The first kappa shape index (κ1) is 13.9. The first-order chi connectivity index (χ1) is 11.1. The highest BCUT2D eigenvalue weighted by Gasteiger charge is 2.55. The number of carbonyl (C=O) groups excluding carboxylic acids is 2. The highest BCUT2D eigenvalue weighted by molar-refractivity contribution is 6.07. The number of imide groups is 1. The van der Waals surface area contributed by atoms with Crippen LogP contribution in [0.25, 0.3) is 5.69 Å². The van der Waals surface area contributed by atoms with Gasteiger partial charge in [-0.2, -0.15) is 15.0 Å². The number of amides is 3. The summed E-state index contributed by atoms with van der Waals surface area (Å²) >= 11 is 0. The molecule has 0 radical (unpaired) electrons. The molecule has 1 aromatic heterocycles. The minimum absolute atomic E-state index is 0.139. The van der Waals surface area contributed by atoms with Crippen LogP contribution in [0.3, 0.4) is 0 Å². The molecular weight excluding hydrogens is 294 g/mol. The van der Waals surface area contributed by atoms with Gasteiger partial charge in [0.05, 0.1) is 18.4 Å². The van der Waals surface area contributed by atoms with E-state index in [1.165, 1.54) is 9.70 Å². The van der Waals surface area contributed by atoms with Gasteiger partial charge in [-0.15, -0.1) is 0 Å². The minimum atomic E-state index is -0.757. The van der Waals surface area contributed by atoms with Gasteiger partial charge < -0.3 is 5.32 Å². The van der Waals surface area contributed by atoms with Gasteiger partial charge in [0.15, 0.2) is 0 Å². The van der Waals surface area contributed by atoms with E-state index >= 15 is 0 Å². The average molecular weight is 311 g/mol. The van der Waals surface area contributed by atoms with Crippen molar-refractivity contribution in [2.75, 3.05) is 0 Å². The fourth-order valence-electron chi connectivity index (χ4n) is 3.01. The summed E-state index contributed by atoms with van der Waals surface area (Å²) in [5, 5.41) is 11.4. The van der Waals surface area contributed by atoms with Crippen LogP contribution in [-0.4, -0.2) is 37.4 Å². The van der Waals surface area contributed by atoms with Gasteiger partial charge in [0.25, 0.3) is 5.91 Å². The van der Waals surface area contributed by atoms with Crippen molar-refractivity contribution in [3.8, 4) is 5.69 Å². The topological polar surface area (TPSA) is 80.1 Å². The molecule has 2 fully saturated rings. The Bertz CT molecular complexity index is 768. The lowest BCUT2D eigenvalue weighted by molar-refractivity contribution is -0.131. The number of carbonyl (C=O) groups is 2. The van der Waals surface area contributed by atoms with Crippen molar-refractivity contribution in [3.05, 3.63) is 42.2 Å². The number of aromatic nitrogens is 3. The van der Waals surface area contributed by atoms with Gasteiger partial charge in [-0.1, -0.05) is 18.2 Å². The van der Waals surface area contributed by atoms with E-state index in [-0.39, 0.29) is 24.4 Å². The minimum Gasteiger partial charge on any atom is -0.323 e. The average Bonchev–Trinajstić information content (AvgIpc) is 3.28.